The molecule has 1 aromatic rings. The molecule has 5 heteroatoms. The number of benzene rings is 1. The monoisotopic (exact) mass is 266 g/mol. The third kappa shape index (κ3) is 5.72. The van der Waals surface area contributed by atoms with Crippen LogP contribution in [0.5, 0.6) is 0 Å². The summed E-state index contributed by atoms with van der Waals surface area (Å²) in [4.78, 5) is 11.7. The Morgan fingerprint density at radius 2 is 2.11 bits per heavy atom. The highest BCUT2D eigenvalue weighted by Gasteiger charge is 2.07. The lowest BCUT2D eigenvalue weighted by Crippen LogP contribution is -2.21. The Morgan fingerprint density at radius 1 is 1.37 bits per heavy atom. The Hall–Kier alpha value is -1.59. The summed E-state index contributed by atoms with van der Waals surface area (Å²) in [5.41, 5.74) is 7.93. The van der Waals surface area contributed by atoms with Crippen LogP contribution in [0.1, 0.15) is 19.4 Å². The Kier molecular flexibility index (Phi) is 6.32. The molecular formula is C14H22N2O3. The Morgan fingerprint density at radius 3 is 2.74 bits per heavy atom. The summed E-state index contributed by atoms with van der Waals surface area (Å²) in [5, 5.41) is 2.75. The molecule has 1 aromatic carbocycles. The molecule has 0 spiro atoms. The predicted octanol–water partition coefficient (Wildman–Crippen LogP) is 1.96. The van der Waals surface area contributed by atoms with Gasteiger partial charge in [-0.05, 0) is 32.4 Å². The van der Waals surface area contributed by atoms with Gasteiger partial charge in [-0.3, -0.25) is 4.79 Å². The zero-order chi connectivity index (χ0) is 14.3. The van der Waals surface area contributed by atoms with Crippen LogP contribution in [0.3, 0.4) is 0 Å². The number of amides is 1. The maximum Gasteiger partial charge on any atom is 0.250 e. The molecule has 0 saturated heterocycles. The number of rotatable bonds is 7. The highest BCUT2D eigenvalue weighted by atomic mass is 16.5. The molecule has 0 saturated carbocycles. The van der Waals surface area contributed by atoms with E-state index in [0.717, 1.165) is 5.56 Å². The third-order valence-electron chi connectivity index (χ3n) is 2.48. The van der Waals surface area contributed by atoms with Gasteiger partial charge in [-0.1, -0.05) is 12.1 Å². The van der Waals surface area contributed by atoms with E-state index in [0.29, 0.717) is 24.6 Å². The van der Waals surface area contributed by atoms with E-state index in [1.807, 2.05) is 32.9 Å². The number of aryl methyl sites for hydroxylation is 1. The molecule has 0 radical (unpaired) electrons. The summed E-state index contributed by atoms with van der Waals surface area (Å²) >= 11 is 0. The zero-order valence-corrected chi connectivity index (χ0v) is 11.7. The molecule has 0 aliphatic rings. The molecule has 5 nitrogen and oxygen atoms in total. The lowest BCUT2D eigenvalue weighted by atomic mass is 10.1. The van der Waals surface area contributed by atoms with Crippen LogP contribution in [-0.4, -0.2) is 31.8 Å². The molecule has 1 rings (SSSR count). The molecule has 0 unspecified atom stereocenters. The number of hydrogen-bond acceptors (Lipinski definition) is 4. The minimum atomic E-state index is -0.217. The topological polar surface area (TPSA) is 73.6 Å². The van der Waals surface area contributed by atoms with E-state index in [2.05, 4.69) is 5.32 Å². The highest BCUT2D eigenvalue weighted by Crippen LogP contribution is 2.22. The molecule has 3 N–H and O–H groups in total. The fourth-order valence-electron chi connectivity index (χ4n) is 1.54. The average Bonchev–Trinajstić information content (AvgIpc) is 2.33. The van der Waals surface area contributed by atoms with Crippen LogP contribution in [0, 0.1) is 6.92 Å². The number of para-hydroxylation sites is 1. The van der Waals surface area contributed by atoms with Crippen LogP contribution in [-0.2, 0) is 14.3 Å². The van der Waals surface area contributed by atoms with E-state index in [1.165, 1.54) is 0 Å². The molecule has 0 atom stereocenters. The van der Waals surface area contributed by atoms with Gasteiger partial charge >= 0.3 is 0 Å². The van der Waals surface area contributed by atoms with E-state index in [9.17, 15) is 4.79 Å². The quantitative estimate of drug-likeness (QED) is 0.584. The largest absolute Gasteiger partial charge is 0.397 e. The van der Waals surface area contributed by atoms with Crippen molar-refractivity contribution in [3.8, 4) is 0 Å². The Labute approximate surface area is 114 Å². The van der Waals surface area contributed by atoms with E-state index in [4.69, 9.17) is 15.2 Å². The number of ether oxygens (including phenoxy) is 2. The van der Waals surface area contributed by atoms with Gasteiger partial charge in [0.2, 0.25) is 5.91 Å². The van der Waals surface area contributed by atoms with Crippen molar-refractivity contribution in [3.05, 3.63) is 23.8 Å². The lowest BCUT2D eigenvalue weighted by molar-refractivity contribution is -0.121. The first-order chi connectivity index (χ1) is 9.00. The normalized spacial score (nSPS) is 10.7. The second-order valence-electron chi connectivity index (χ2n) is 4.56. The van der Waals surface area contributed by atoms with Crippen molar-refractivity contribution >= 4 is 17.3 Å². The van der Waals surface area contributed by atoms with Crippen LogP contribution in [0.4, 0.5) is 11.4 Å². The van der Waals surface area contributed by atoms with Crippen molar-refractivity contribution in [3.63, 3.8) is 0 Å². The summed E-state index contributed by atoms with van der Waals surface area (Å²) < 4.78 is 10.5. The van der Waals surface area contributed by atoms with Crippen molar-refractivity contribution in [1.82, 2.24) is 0 Å². The second kappa shape index (κ2) is 7.76. The SMILES string of the molecule is Cc1cccc(N)c1NC(=O)COCCOC(C)C. The maximum atomic E-state index is 11.7. The highest BCUT2D eigenvalue weighted by molar-refractivity contribution is 5.95. The van der Waals surface area contributed by atoms with Gasteiger partial charge in [0, 0.05) is 0 Å². The van der Waals surface area contributed by atoms with Gasteiger partial charge in [-0.15, -0.1) is 0 Å². The first-order valence-corrected chi connectivity index (χ1v) is 6.35. The smallest absolute Gasteiger partial charge is 0.250 e. The molecule has 0 aliphatic carbocycles. The fraction of sp³-hybridized carbons (Fsp3) is 0.500. The Bertz CT molecular complexity index is 399. The number of nitrogen functional groups attached to an aromatic ring is 1. The maximum absolute atomic E-state index is 11.7. The van der Waals surface area contributed by atoms with Gasteiger partial charge in [-0.25, -0.2) is 0 Å². The van der Waals surface area contributed by atoms with Gasteiger partial charge in [0.15, 0.2) is 0 Å². The molecule has 0 aromatic heterocycles. The summed E-state index contributed by atoms with van der Waals surface area (Å²) in [6.45, 7) is 6.67. The second-order valence-corrected chi connectivity index (χ2v) is 4.56. The molecule has 19 heavy (non-hydrogen) atoms. The van der Waals surface area contributed by atoms with Gasteiger partial charge in [0.05, 0.1) is 30.7 Å². The van der Waals surface area contributed by atoms with Gasteiger partial charge in [-0.2, -0.15) is 0 Å². The van der Waals surface area contributed by atoms with Crippen molar-refractivity contribution < 1.29 is 14.3 Å². The summed E-state index contributed by atoms with van der Waals surface area (Å²) in [6.07, 6.45) is 0.171. The van der Waals surface area contributed by atoms with Gasteiger partial charge in [0.25, 0.3) is 0 Å². The molecule has 106 valence electrons. The van der Waals surface area contributed by atoms with Crippen molar-refractivity contribution in [2.24, 2.45) is 0 Å². The van der Waals surface area contributed by atoms with Crippen LogP contribution >= 0.6 is 0 Å². The summed E-state index contributed by atoms with van der Waals surface area (Å²) in [5.74, 6) is -0.217. The van der Waals surface area contributed by atoms with Gasteiger partial charge in [0.1, 0.15) is 6.61 Å². The summed E-state index contributed by atoms with van der Waals surface area (Å²) in [7, 11) is 0. The van der Waals surface area contributed by atoms with Crippen LogP contribution in [0.15, 0.2) is 18.2 Å². The standard InChI is InChI=1S/C14H22N2O3/c1-10(2)19-8-7-18-9-13(17)16-14-11(3)5-4-6-12(14)15/h4-6,10H,7-9,15H2,1-3H3,(H,16,17). The molecule has 0 heterocycles. The van der Waals surface area contributed by atoms with E-state index in [-0.39, 0.29) is 18.6 Å². The number of nitrogens with two attached hydrogens (primary N) is 1. The lowest BCUT2D eigenvalue weighted by Gasteiger charge is -2.11. The first-order valence-electron chi connectivity index (χ1n) is 6.35. The minimum absolute atomic E-state index is 0.00473. The Balaban J connectivity index is 2.32. The molecule has 0 fully saturated rings. The van der Waals surface area contributed by atoms with Crippen molar-refractivity contribution in [2.45, 2.75) is 26.9 Å². The van der Waals surface area contributed by atoms with E-state index >= 15 is 0 Å². The van der Waals surface area contributed by atoms with Crippen LogP contribution < -0.4 is 11.1 Å². The number of anilines is 2. The first kappa shape index (κ1) is 15.5. The molecule has 0 bridgehead atoms. The number of hydrogen-bond donors (Lipinski definition) is 2. The van der Waals surface area contributed by atoms with E-state index < -0.39 is 0 Å². The molecule has 0 aliphatic heterocycles. The third-order valence-corrected chi connectivity index (χ3v) is 2.48. The predicted molar refractivity (Wildman–Crippen MR) is 76.1 cm³/mol. The van der Waals surface area contributed by atoms with Crippen molar-refractivity contribution in [2.75, 3.05) is 30.9 Å². The van der Waals surface area contributed by atoms with Crippen LogP contribution in [0.25, 0.3) is 0 Å². The molecule has 1 amide bonds. The summed E-state index contributed by atoms with van der Waals surface area (Å²) in [6, 6.07) is 5.49. The number of nitrogens with one attached hydrogen (secondary N) is 1. The average molecular weight is 266 g/mol. The number of carbonyl (C=O) groups is 1. The molecular weight excluding hydrogens is 244 g/mol. The van der Waals surface area contributed by atoms with Crippen molar-refractivity contribution in [1.29, 1.82) is 0 Å². The minimum Gasteiger partial charge on any atom is -0.397 e. The number of carbonyl (C=O) groups excluding carboxylic acids is 1. The zero-order valence-electron chi connectivity index (χ0n) is 11.7. The van der Waals surface area contributed by atoms with Crippen LogP contribution in [0.2, 0.25) is 0 Å². The van der Waals surface area contributed by atoms with E-state index in [1.54, 1.807) is 6.07 Å². The fourth-order valence-corrected chi connectivity index (χ4v) is 1.54. The van der Waals surface area contributed by atoms with Gasteiger partial charge < -0.3 is 20.5 Å².